The van der Waals surface area contributed by atoms with Gasteiger partial charge in [0.2, 0.25) is 0 Å². The molecule has 0 heterocycles. The first-order chi connectivity index (χ1) is 10.3. The van der Waals surface area contributed by atoms with Gasteiger partial charge in [-0.3, -0.25) is 0 Å². The van der Waals surface area contributed by atoms with Gasteiger partial charge in [-0.05, 0) is 13.3 Å². The number of esters is 1. The van der Waals surface area contributed by atoms with E-state index >= 15 is 0 Å². The molecule has 0 aromatic carbocycles. The zero-order chi connectivity index (χ0) is 18.3. The standard InChI is InChI=1S/C12H18F6O4Si/c1-4-9(22-10(19)8(2)3)5-23(20-6-11(13,14)15)21-7-12(16,17)18/h9,23H,2,4-7H2,1,3H3. The summed E-state index contributed by atoms with van der Waals surface area (Å²) in [7, 11) is -3.35. The minimum absolute atomic E-state index is 0.0640. The van der Waals surface area contributed by atoms with E-state index in [2.05, 4.69) is 15.4 Å². The van der Waals surface area contributed by atoms with E-state index in [0.717, 1.165) is 0 Å². The SMILES string of the molecule is C=C(C)C(=O)OC(CC)C[SiH](OCC(F)(F)F)OCC(F)(F)F. The van der Waals surface area contributed by atoms with Crippen LogP contribution in [0.25, 0.3) is 0 Å². The maximum atomic E-state index is 12.1. The number of alkyl halides is 6. The highest BCUT2D eigenvalue weighted by Gasteiger charge is 2.35. The van der Waals surface area contributed by atoms with E-state index < -0.39 is 46.9 Å². The number of hydrogen-bond donors (Lipinski definition) is 0. The van der Waals surface area contributed by atoms with Crippen molar-refractivity contribution < 1.29 is 44.7 Å². The largest absolute Gasteiger partial charge is 0.459 e. The second-order valence-electron chi connectivity index (χ2n) is 4.73. The Balaban J connectivity index is 4.74. The zero-order valence-corrected chi connectivity index (χ0v) is 13.7. The van der Waals surface area contributed by atoms with E-state index in [4.69, 9.17) is 4.74 Å². The molecular weight excluding hydrogens is 350 g/mol. The molecule has 0 aromatic rings. The molecule has 0 fully saturated rings. The molecule has 0 radical (unpaired) electrons. The lowest BCUT2D eigenvalue weighted by molar-refractivity contribution is -0.169. The van der Waals surface area contributed by atoms with Crippen LogP contribution < -0.4 is 0 Å². The third-order valence-electron chi connectivity index (χ3n) is 2.40. The fraction of sp³-hybridized carbons (Fsp3) is 0.750. The van der Waals surface area contributed by atoms with Gasteiger partial charge in [-0.25, -0.2) is 4.79 Å². The van der Waals surface area contributed by atoms with Crippen LogP contribution in [0.5, 0.6) is 0 Å². The first-order valence-corrected chi connectivity index (χ1v) is 8.33. The summed E-state index contributed by atoms with van der Waals surface area (Å²) in [6, 6.07) is -0.332. The van der Waals surface area contributed by atoms with Gasteiger partial charge in [0, 0.05) is 11.6 Å². The Labute approximate surface area is 131 Å². The number of rotatable bonds is 9. The van der Waals surface area contributed by atoms with Crippen molar-refractivity contribution in [2.45, 2.75) is 44.8 Å². The molecule has 1 atom stereocenters. The van der Waals surface area contributed by atoms with Crippen molar-refractivity contribution in [1.82, 2.24) is 0 Å². The lowest BCUT2D eigenvalue weighted by Gasteiger charge is -2.23. The summed E-state index contributed by atoms with van der Waals surface area (Å²) in [5, 5.41) is 0. The second kappa shape index (κ2) is 9.28. The lowest BCUT2D eigenvalue weighted by Crippen LogP contribution is -2.36. The summed E-state index contributed by atoms with van der Waals surface area (Å²) in [6.07, 6.45) is -10.1. The van der Waals surface area contributed by atoms with Gasteiger partial charge in [0.25, 0.3) is 0 Å². The molecule has 4 nitrogen and oxygen atoms in total. The molecule has 0 saturated carbocycles. The molecule has 0 amide bonds. The molecule has 0 aliphatic heterocycles. The molecule has 136 valence electrons. The van der Waals surface area contributed by atoms with Gasteiger partial charge >= 0.3 is 27.6 Å². The van der Waals surface area contributed by atoms with Gasteiger partial charge in [-0.2, -0.15) is 26.3 Å². The highest BCUT2D eigenvalue weighted by atomic mass is 28.3. The molecule has 0 aliphatic rings. The van der Waals surface area contributed by atoms with Crippen LogP contribution in [-0.4, -0.2) is 46.9 Å². The van der Waals surface area contributed by atoms with Crippen LogP contribution in [0.3, 0.4) is 0 Å². The van der Waals surface area contributed by atoms with Gasteiger partial charge in [0.15, 0.2) is 0 Å². The van der Waals surface area contributed by atoms with Crippen LogP contribution >= 0.6 is 0 Å². The molecule has 0 aliphatic carbocycles. The van der Waals surface area contributed by atoms with Crippen LogP contribution in [0, 0.1) is 0 Å². The Hall–Kier alpha value is -1.07. The number of carbonyl (C=O) groups excluding carboxylic acids is 1. The third-order valence-corrected chi connectivity index (χ3v) is 4.39. The van der Waals surface area contributed by atoms with Crippen molar-refractivity contribution in [2.75, 3.05) is 13.2 Å². The lowest BCUT2D eigenvalue weighted by atomic mass is 10.3. The topological polar surface area (TPSA) is 44.8 Å². The molecular formula is C12H18F6O4Si. The first-order valence-electron chi connectivity index (χ1n) is 6.57. The molecule has 1 unspecified atom stereocenters. The minimum atomic E-state index is -4.69. The molecule has 23 heavy (non-hydrogen) atoms. The Morgan fingerprint density at radius 1 is 1.09 bits per heavy atom. The van der Waals surface area contributed by atoms with Crippen molar-refractivity contribution in [2.24, 2.45) is 0 Å². The zero-order valence-electron chi connectivity index (χ0n) is 12.6. The quantitative estimate of drug-likeness (QED) is 0.271. The van der Waals surface area contributed by atoms with Gasteiger partial charge in [-0.15, -0.1) is 0 Å². The molecule has 0 aromatic heterocycles. The van der Waals surface area contributed by atoms with Gasteiger partial charge in [0.1, 0.15) is 19.3 Å². The fourth-order valence-electron chi connectivity index (χ4n) is 1.32. The summed E-state index contributed by atoms with van der Waals surface area (Å²) in [6.45, 7) is 2.83. The van der Waals surface area contributed by atoms with Crippen molar-refractivity contribution in [1.29, 1.82) is 0 Å². The third kappa shape index (κ3) is 12.1. The summed E-state index contributed by atoms with van der Waals surface area (Å²) in [5.74, 6) is -0.781. The first kappa shape index (κ1) is 21.9. The van der Waals surface area contributed by atoms with Gasteiger partial charge < -0.3 is 13.6 Å². The predicted molar refractivity (Wildman–Crippen MR) is 71.0 cm³/mol. The normalized spacial score (nSPS) is 14.0. The van der Waals surface area contributed by atoms with E-state index in [9.17, 15) is 31.1 Å². The van der Waals surface area contributed by atoms with Crippen molar-refractivity contribution in [3.8, 4) is 0 Å². The second-order valence-corrected chi connectivity index (χ2v) is 6.73. The molecule has 0 N–H and O–H groups in total. The number of carbonyl (C=O) groups is 1. The maximum Gasteiger partial charge on any atom is 0.410 e. The molecule has 0 rings (SSSR count). The smallest absolute Gasteiger partial charge is 0.410 e. The Morgan fingerprint density at radius 2 is 1.52 bits per heavy atom. The van der Waals surface area contributed by atoms with E-state index in [0.29, 0.717) is 0 Å². The van der Waals surface area contributed by atoms with Crippen molar-refractivity contribution >= 4 is 15.3 Å². The molecule has 0 saturated heterocycles. The highest BCUT2D eigenvalue weighted by Crippen LogP contribution is 2.20. The number of hydrogen-bond acceptors (Lipinski definition) is 4. The van der Waals surface area contributed by atoms with Crippen LogP contribution in [0.4, 0.5) is 26.3 Å². The maximum absolute atomic E-state index is 12.1. The average molecular weight is 368 g/mol. The highest BCUT2D eigenvalue weighted by molar-refractivity contribution is 6.44. The molecule has 0 spiro atoms. The van der Waals surface area contributed by atoms with Crippen molar-refractivity contribution in [3.63, 3.8) is 0 Å². The minimum Gasteiger partial charge on any atom is -0.459 e. The summed E-state index contributed by atoms with van der Waals surface area (Å²) >= 11 is 0. The molecule has 0 bridgehead atoms. The fourth-order valence-corrected chi connectivity index (χ4v) is 3.30. The summed E-state index contributed by atoms with van der Waals surface area (Å²) in [4.78, 5) is 11.4. The summed E-state index contributed by atoms with van der Waals surface area (Å²) in [5.41, 5.74) is 0.0640. The van der Waals surface area contributed by atoms with E-state index in [-0.39, 0.29) is 18.0 Å². The van der Waals surface area contributed by atoms with Crippen LogP contribution in [0.15, 0.2) is 12.2 Å². The Bertz CT molecular complexity index is 378. The van der Waals surface area contributed by atoms with E-state index in [1.165, 1.54) is 6.92 Å². The van der Waals surface area contributed by atoms with E-state index in [1.807, 2.05) is 0 Å². The monoisotopic (exact) mass is 368 g/mol. The predicted octanol–water partition coefficient (Wildman–Crippen LogP) is 3.26. The van der Waals surface area contributed by atoms with Crippen LogP contribution in [0.1, 0.15) is 20.3 Å². The van der Waals surface area contributed by atoms with Gasteiger partial charge in [-0.1, -0.05) is 13.5 Å². The average Bonchev–Trinajstić information content (AvgIpc) is 2.38. The Morgan fingerprint density at radius 3 is 1.83 bits per heavy atom. The number of halogens is 6. The Kier molecular flexibility index (Phi) is 8.85. The van der Waals surface area contributed by atoms with Crippen LogP contribution in [0.2, 0.25) is 6.04 Å². The summed E-state index contributed by atoms with van der Waals surface area (Å²) < 4.78 is 86.7. The van der Waals surface area contributed by atoms with Crippen LogP contribution in [-0.2, 0) is 18.4 Å². The van der Waals surface area contributed by atoms with E-state index in [1.54, 1.807) is 6.92 Å². The number of ether oxygens (including phenoxy) is 1. The van der Waals surface area contributed by atoms with Gasteiger partial charge in [0.05, 0.1) is 0 Å². The molecule has 11 heteroatoms. The van der Waals surface area contributed by atoms with Crippen molar-refractivity contribution in [3.05, 3.63) is 12.2 Å².